The van der Waals surface area contributed by atoms with Crippen LogP contribution in [0.3, 0.4) is 0 Å². The Bertz CT molecular complexity index is 1090. The number of nitriles is 1. The Morgan fingerprint density at radius 3 is 2.43 bits per heavy atom. The second kappa shape index (κ2) is 11.6. The van der Waals surface area contributed by atoms with Crippen molar-refractivity contribution < 1.29 is 19.1 Å². The Morgan fingerprint density at radius 2 is 1.83 bits per heavy atom. The van der Waals surface area contributed by atoms with E-state index in [4.69, 9.17) is 14.7 Å². The predicted octanol–water partition coefficient (Wildman–Crippen LogP) is 5.40. The summed E-state index contributed by atoms with van der Waals surface area (Å²) in [4.78, 5) is 27.9. The number of rotatable bonds is 6. The molecular formula is C28H33N3O4. The molecule has 1 aliphatic heterocycles. The Morgan fingerprint density at radius 1 is 1.14 bits per heavy atom. The topological polar surface area (TPSA) is 82.9 Å². The van der Waals surface area contributed by atoms with Gasteiger partial charge in [0.2, 0.25) is 5.91 Å². The zero-order valence-corrected chi connectivity index (χ0v) is 20.9. The summed E-state index contributed by atoms with van der Waals surface area (Å²) in [7, 11) is 0. The number of piperidine rings is 1. The van der Waals surface area contributed by atoms with Crippen LogP contribution >= 0.6 is 0 Å². The molecule has 0 atom stereocenters. The molecule has 2 amide bonds. The predicted molar refractivity (Wildman–Crippen MR) is 136 cm³/mol. The molecule has 0 saturated carbocycles. The van der Waals surface area contributed by atoms with Gasteiger partial charge in [-0.15, -0.1) is 0 Å². The van der Waals surface area contributed by atoms with E-state index in [-0.39, 0.29) is 18.1 Å². The van der Waals surface area contributed by atoms with Crippen LogP contribution in [-0.4, -0.2) is 48.2 Å². The summed E-state index contributed by atoms with van der Waals surface area (Å²) in [6.45, 7) is 8.73. The van der Waals surface area contributed by atoms with Gasteiger partial charge in [0, 0.05) is 45.1 Å². The lowest BCUT2D eigenvalue weighted by Gasteiger charge is -2.33. The Balaban J connectivity index is 1.54. The minimum Gasteiger partial charge on any atom is -0.490 e. The van der Waals surface area contributed by atoms with Gasteiger partial charge >= 0.3 is 6.09 Å². The molecule has 1 fully saturated rings. The monoisotopic (exact) mass is 475 g/mol. The van der Waals surface area contributed by atoms with Gasteiger partial charge in [-0.05, 0) is 62.7 Å². The van der Waals surface area contributed by atoms with Crippen molar-refractivity contribution in [3.63, 3.8) is 0 Å². The van der Waals surface area contributed by atoms with Crippen molar-refractivity contribution in [1.82, 2.24) is 4.90 Å². The van der Waals surface area contributed by atoms with Gasteiger partial charge < -0.3 is 19.3 Å². The first-order valence-electron chi connectivity index (χ1n) is 11.8. The van der Waals surface area contributed by atoms with Crippen molar-refractivity contribution in [2.75, 3.05) is 24.5 Å². The molecule has 2 aromatic rings. The second-order valence-corrected chi connectivity index (χ2v) is 9.55. The van der Waals surface area contributed by atoms with E-state index in [0.29, 0.717) is 25.2 Å². The molecule has 0 unspecified atom stereocenters. The second-order valence-electron chi connectivity index (χ2n) is 9.55. The van der Waals surface area contributed by atoms with Gasteiger partial charge in [-0.25, -0.2) is 4.79 Å². The summed E-state index contributed by atoms with van der Waals surface area (Å²) in [6, 6.07) is 16.9. The highest BCUT2D eigenvalue weighted by Gasteiger charge is 2.27. The maximum absolute atomic E-state index is 12.2. The number of ether oxygens (including phenoxy) is 2. The average Bonchev–Trinajstić information content (AvgIpc) is 2.82. The largest absolute Gasteiger partial charge is 0.490 e. The summed E-state index contributed by atoms with van der Waals surface area (Å²) < 4.78 is 11.6. The highest BCUT2D eigenvalue weighted by atomic mass is 16.6. The Labute approximate surface area is 207 Å². The smallest absolute Gasteiger partial charge is 0.410 e. The number of carbonyl (C=O) groups excluding carboxylic acids is 2. The van der Waals surface area contributed by atoms with Gasteiger partial charge in [0.1, 0.15) is 17.5 Å². The molecular weight excluding hydrogens is 442 g/mol. The van der Waals surface area contributed by atoms with Crippen LogP contribution in [0.25, 0.3) is 6.08 Å². The fraction of sp³-hybridized carbons (Fsp3) is 0.393. The van der Waals surface area contributed by atoms with E-state index in [1.165, 1.54) is 6.92 Å². The molecule has 0 aromatic heterocycles. The molecule has 1 heterocycles. The summed E-state index contributed by atoms with van der Waals surface area (Å²) in [5, 5.41) is 9.04. The van der Waals surface area contributed by atoms with Crippen molar-refractivity contribution >= 4 is 23.8 Å². The number of anilines is 1. The maximum Gasteiger partial charge on any atom is 0.410 e. The zero-order chi connectivity index (χ0) is 25.4. The highest BCUT2D eigenvalue weighted by Crippen LogP contribution is 2.24. The van der Waals surface area contributed by atoms with Crippen LogP contribution in [0.15, 0.2) is 54.6 Å². The Kier molecular flexibility index (Phi) is 8.53. The zero-order valence-electron chi connectivity index (χ0n) is 20.9. The van der Waals surface area contributed by atoms with Gasteiger partial charge in [-0.3, -0.25) is 4.79 Å². The van der Waals surface area contributed by atoms with Crippen LogP contribution in [-0.2, 0) is 9.53 Å². The molecule has 0 aliphatic carbocycles. The van der Waals surface area contributed by atoms with E-state index in [1.54, 1.807) is 21.9 Å². The minimum atomic E-state index is -0.502. The maximum atomic E-state index is 12.2. The minimum absolute atomic E-state index is 0.0237. The van der Waals surface area contributed by atoms with Crippen molar-refractivity contribution in [3.8, 4) is 11.8 Å². The molecule has 7 heteroatoms. The standard InChI is InChI=1S/C28H33N3O4/c1-21(32)31(16-6-9-22-7-5-8-23(19-22)20-29)24-10-12-25(13-11-24)34-26-14-17-30(18-15-26)27(33)35-28(2,3)4/h5-13,19,26H,14-18H2,1-4H3/b9-6+. The van der Waals surface area contributed by atoms with Gasteiger partial charge in [-0.2, -0.15) is 5.26 Å². The third-order valence-electron chi connectivity index (χ3n) is 5.54. The van der Waals surface area contributed by atoms with Crippen LogP contribution in [0.5, 0.6) is 5.75 Å². The van der Waals surface area contributed by atoms with Crippen molar-refractivity contribution in [1.29, 1.82) is 5.26 Å². The number of hydrogen-bond donors (Lipinski definition) is 0. The molecule has 1 aliphatic rings. The van der Waals surface area contributed by atoms with Crippen LogP contribution in [0.1, 0.15) is 51.7 Å². The van der Waals surface area contributed by atoms with E-state index in [9.17, 15) is 9.59 Å². The quantitative estimate of drug-likeness (QED) is 0.558. The number of hydrogen-bond acceptors (Lipinski definition) is 5. The highest BCUT2D eigenvalue weighted by molar-refractivity contribution is 5.91. The average molecular weight is 476 g/mol. The number of carbonyl (C=O) groups is 2. The number of amides is 2. The van der Waals surface area contributed by atoms with Crippen LogP contribution < -0.4 is 9.64 Å². The van der Waals surface area contributed by atoms with Crippen LogP contribution in [0.4, 0.5) is 10.5 Å². The van der Waals surface area contributed by atoms with E-state index in [2.05, 4.69) is 6.07 Å². The van der Waals surface area contributed by atoms with Crippen molar-refractivity contribution in [2.45, 2.75) is 52.2 Å². The first-order valence-corrected chi connectivity index (χ1v) is 11.8. The van der Waals surface area contributed by atoms with Crippen molar-refractivity contribution in [2.24, 2.45) is 0 Å². The molecule has 0 spiro atoms. The summed E-state index contributed by atoms with van der Waals surface area (Å²) in [5.74, 6) is 0.667. The SMILES string of the molecule is CC(=O)N(C/C=C/c1cccc(C#N)c1)c1ccc(OC2CCN(C(=O)OC(C)(C)C)CC2)cc1. The lowest BCUT2D eigenvalue weighted by molar-refractivity contribution is -0.116. The first-order chi connectivity index (χ1) is 16.6. The first kappa shape index (κ1) is 25.8. The number of nitrogens with zero attached hydrogens (tertiary/aromatic N) is 3. The van der Waals surface area contributed by atoms with Gasteiger partial charge in [-0.1, -0.05) is 24.3 Å². The fourth-order valence-electron chi connectivity index (χ4n) is 3.80. The van der Waals surface area contributed by atoms with Crippen LogP contribution in [0, 0.1) is 11.3 Å². The molecule has 35 heavy (non-hydrogen) atoms. The molecule has 0 N–H and O–H groups in total. The molecule has 3 rings (SSSR count). The third kappa shape index (κ3) is 7.89. The van der Waals surface area contributed by atoms with Gasteiger partial charge in [0.15, 0.2) is 0 Å². The third-order valence-corrected chi connectivity index (χ3v) is 5.54. The molecule has 1 saturated heterocycles. The molecule has 2 aromatic carbocycles. The Hall–Kier alpha value is -3.79. The summed E-state index contributed by atoms with van der Waals surface area (Å²) in [6.07, 6.45) is 5.02. The normalized spacial score (nSPS) is 14.4. The van der Waals surface area contributed by atoms with Gasteiger partial charge in [0.05, 0.1) is 11.6 Å². The van der Waals surface area contributed by atoms with E-state index in [0.717, 1.165) is 29.8 Å². The summed E-state index contributed by atoms with van der Waals surface area (Å²) >= 11 is 0. The molecule has 0 radical (unpaired) electrons. The molecule has 7 nitrogen and oxygen atoms in total. The van der Waals surface area contributed by atoms with E-state index >= 15 is 0 Å². The van der Waals surface area contributed by atoms with Gasteiger partial charge in [0.25, 0.3) is 0 Å². The number of benzene rings is 2. The number of likely N-dealkylation sites (tertiary alicyclic amines) is 1. The molecule has 0 bridgehead atoms. The lowest BCUT2D eigenvalue weighted by Crippen LogP contribution is -2.44. The van der Waals surface area contributed by atoms with Crippen molar-refractivity contribution in [3.05, 3.63) is 65.7 Å². The summed E-state index contributed by atoms with van der Waals surface area (Å²) in [5.41, 5.74) is 1.79. The fourth-order valence-corrected chi connectivity index (χ4v) is 3.80. The lowest BCUT2D eigenvalue weighted by atomic mass is 10.1. The van der Waals surface area contributed by atoms with E-state index in [1.807, 2.05) is 69.3 Å². The molecule has 184 valence electrons. The van der Waals surface area contributed by atoms with Crippen LogP contribution in [0.2, 0.25) is 0 Å². The van der Waals surface area contributed by atoms with E-state index < -0.39 is 5.60 Å².